The number of carbonyl (C=O) groups is 1. The third-order valence-corrected chi connectivity index (χ3v) is 7.89. The number of amides is 1. The number of nitrogens with zero attached hydrogens (tertiary/aromatic N) is 1. The van der Waals surface area contributed by atoms with Crippen LogP contribution in [0.2, 0.25) is 5.02 Å². The highest BCUT2D eigenvalue weighted by Gasteiger charge is 2.27. The molecule has 1 amide bonds. The molecule has 1 fully saturated rings. The molecule has 168 valence electrons. The van der Waals surface area contributed by atoms with Crippen molar-refractivity contribution in [1.82, 2.24) is 9.62 Å². The molecule has 8 heteroatoms. The number of likely N-dealkylation sites (tertiary alicyclic amines) is 1. The molecule has 2 aromatic carbocycles. The van der Waals surface area contributed by atoms with E-state index in [9.17, 15) is 13.2 Å². The Hall–Kier alpha value is -1.93. The van der Waals surface area contributed by atoms with Gasteiger partial charge in [0.05, 0.1) is 15.5 Å². The summed E-state index contributed by atoms with van der Waals surface area (Å²) in [7, 11) is -1.57. The lowest BCUT2D eigenvalue weighted by Gasteiger charge is -2.32. The largest absolute Gasteiger partial charge is 0.322 e. The molecule has 0 unspecified atom stereocenters. The van der Waals surface area contributed by atoms with Crippen LogP contribution in [0.5, 0.6) is 0 Å². The van der Waals surface area contributed by atoms with Gasteiger partial charge in [0.15, 0.2) is 0 Å². The summed E-state index contributed by atoms with van der Waals surface area (Å²) in [5, 5.41) is 3.22. The van der Waals surface area contributed by atoms with Crippen molar-refractivity contribution >= 4 is 33.2 Å². The minimum Gasteiger partial charge on any atom is -0.322 e. The van der Waals surface area contributed by atoms with E-state index in [1.807, 2.05) is 19.9 Å². The summed E-state index contributed by atoms with van der Waals surface area (Å²) in [6.45, 7) is 7.49. The van der Waals surface area contributed by atoms with Gasteiger partial charge in [-0.15, -0.1) is 0 Å². The number of aryl methyl sites for hydroxylation is 2. The zero-order valence-electron chi connectivity index (χ0n) is 18.4. The molecule has 0 spiro atoms. The Morgan fingerprint density at radius 3 is 2.42 bits per heavy atom. The van der Waals surface area contributed by atoms with Crippen LogP contribution in [0.15, 0.2) is 41.3 Å². The van der Waals surface area contributed by atoms with Crippen LogP contribution in [-0.2, 0) is 10.0 Å². The quantitative estimate of drug-likeness (QED) is 0.672. The average molecular weight is 464 g/mol. The molecule has 0 aromatic heterocycles. The monoisotopic (exact) mass is 463 g/mol. The molecule has 0 radical (unpaired) electrons. The molecule has 31 heavy (non-hydrogen) atoms. The molecule has 2 N–H and O–H groups in total. The van der Waals surface area contributed by atoms with Crippen LogP contribution < -0.4 is 10.0 Å². The fourth-order valence-corrected chi connectivity index (χ4v) is 5.69. The van der Waals surface area contributed by atoms with Crippen LogP contribution in [0.1, 0.15) is 41.3 Å². The maximum Gasteiger partial charge on any atom is 0.257 e. The van der Waals surface area contributed by atoms with E-state index >= 15 is 0 Å². The zero-order valence-corrected chi connectivity index (χ0v) is 20.0. The Balaban J connectivity index is 1.73. The van der Waals surface area contributed by atoms with Crippen molar-refractivity contribution in [2.24, 2.45) is 5.92 Å². The predicted molar refractivity (Wildman–Crippen MR) is 125 cm³/mol. The Kier molecular flexibility index (Phi) is 7.42. The van der Waals surface area contributed by atoms with E-state index in [0.29, 0.717) is 27.8 Å². The average Bonchev–Trinajstić information content (AvgIpc) is 2.69. The summed E-state index contributed by atoms with van der Waals surface area (Å²) < 4.78 is 28.7. The number of piperidine rings is 1. The topological polar surface area (TPSA) is 78.5 Å². The lowest BCUT2D eigenvalue weighted by molar-refractivity contribution is 0.102. The van der Waals surface area contributed by atoms with Gasteiger partial charge in [-0.05, 0) is 95.1 Å². The van der Waals surface area contributed by atoms with Gasteiger partial charge in [-0.25, -0.2) is 13.1 Å². The maximum atomic E-state index is 12.9. The van der Waals surface area contributed by atoms with E-state index in [1.165, 1.54) is 6.07 Å². The zero-order chi connectivity index (χ0) is 22.8. The fourth-order valence-electron chi connectivity index (χ4n) is 3.99. The molecule has 0 aliphatic carbocycles. The number of sulfonamides is 1. The highest BCUT2D eigenvalue weighted by molar-refractivity contribution is 7.89. The van der Waals surface area contributed by atoms with E-state index in [1.54, 1.807) is 31.2 Å². The molecule has 1 heterocycles. The number of benzene rings is 2. The SMILES string of the molecule is Cc1cc(S(=O)(=O)N[C@H](C)C2CCN(C)CC2)ccc1NC(=O)c1c(C)cccc1Cl. The summed E-state index contributed by atoms with van der Waals surface area (Å²) in [4.78, 5) is 15.2. The summed E-state index contributed by atoms with van der Waals surface area (Å²) in [5.41, 5.74) is 2.39. The molecule has 2 aromatic rings. The van der Waals surface area contributed by atoms with E-state index in [0.717, 1.165) is 31.5 Å². The first-order valence-electron chi connectivity index (χ1n) is 10.5. The van der Waals surface area contributed by atoms with Crippen molar-refractivity contribution in [3.05, 3.63) is 58.1 Å². The molecular formula is C23H30ClN3O3S. The van der Waals surface area contributed by atoms with Gasteiger partial charge < -0.3 is 10.2 Å². The maximum absolute atomic E-state index is 12.9. The Labute approximate surface area is 190 Å². The Morgan fingerprint density at radius 1 is 1.13 bits per heavy atom. The van der Waals surface area contributed by atoms with Crippen LogP contribution in [0.3, 0.4) is 0 Å². The van der Waals surface area contributed by atoms with Crippen molar-refractivity contribution in [3.63, 3.8) is 0 Å². The van der Waals surface area contributed by atoms with Crippen LogP contribution in [0, 0.1) is 19.8 Å². The van der Waals surface area contributed by atoms with Gasteiger partial charge in [-0.3, -0.25) is 4.79 Å². The number of nitrogens with one attached hydrogen (secondary N) is 2. The summed E-state index contributed by atoms with van der Waals surface area (Å²) in [6, 6.07) is 9.86. The highest BCUT2D eigenvalue weighted by atomic mass is 35.5. The Morgan fingerprint density at radius 2 is 1.81 bits per heavy atom. The van der Waals surface area contributed by atoms with Gasteiger partial charge in [-0.2, -0.15) is 0 Å². The second kappa shape index (κ2) is 9.69. The van der Waals surface area contributed by atoms with Crippen LogP contribution in [0.4, 0.5) is 5.69 Å². The molecule has 1 aliphatic heterocycles. The summed E-state index contributed by atoms with van der Waals surface area (Å²) >= 11 is 6.18. The van der Waals surface area contributed by atoms with Crippen LogP contribution >= 0.6 is 11.6 Å². The molecular weight excluding hydrogens is 434 g/mol. The number of carbonyl (C=O) groups excluding carboxylic acids is 1. The van der Waals surface area contributed by atoms with Crippen molar-refractivity contribution in [1.29, 1.82) is 0 Å². The molecule has 3 rings (SSSR count). The third-order valence-electron chi connectivity index (χ3n) is 6.02. The van der Waals surface area contributed by atoms with E-state index in [-0.39, 0.29) is 16.8 Å². The number of anilines is 1. The van der Waals surface area contributed by atoms with E-state index in [2.05, 4.69) is 22.0 Å². The van der Waals surface area contributed by atoms with Crippen LogP contribution in [0.25, 0.3) is 0 Å². The van der Waals surface area contributed by atoms with Crippen molar-refractivity contribution in [2.45, 2.75) is 44.6 Å². The van der Waals surface area contributed by atoms with Gasteiger partial charge in [0.2, 0.25) is 10.0 Å². The number of hydrogen-bond acceptors (Lipinski definition) is 4. The van der Waals surface area contributed by atoms with Crippen molar-refractivity contribution in [3.8, 4) is 0 Å². The van der Waals surface area contributed by atoms with E-state index < -0.39 is 10.0 Å². The lowest BCUT2D eigenvalue weighted by atomic mass is 9.91. The molecule has 1 saturated heterocycles. The smallest absolute Gasteiger partial charge is 0.257 e. The fraction of sp³-hybridized carbons (Fsp3) is 0.435. The summed E-state index contributed by atoms with van der Waals surface area (Å²) in [5.74, 6) is 0.000291. The standard InChI is InChI=1S/C23H30ClN3O3S/c1-15-6-5-7-20(24)22(15)23(28)25-21-9-8-19(14-16(21)2)31(29,30)26-17(3)18-10-12-27(4)13-11-18/h5-9,14,17-18,26H,10-13H2,1-4H3,(H,25,28)/t17-/m1/s1. The number of rotatable bonds is 6. The third kappa shape index (κ3) is 5.66. The molecule has 1 aliphatic rings. The van der Waals surface area contributed by atoms with Gasteiger partial charge >= 0.3 is 0 Å². The second-order valence-electron chi connectivity index (χ2n) is 8.41. The highest BCUT2D eigenvalue weighted by Crippen LogP contribution is 2.25. The first kappa shape index (κ1) is 23.7. The lowest BCUT2D eigenvalue weighted by Crippen LogP contribution is -2.42. The van der Waals surface area contributed by atoms with Crippen LogP contribution in [-0.4, -0.2) is 45.4 Å². The van der Waals surface area contributed by atoms with Crippen molar-refractivity contribution < 1.29 is 13.2 Å². The molecule has 0 bridgehead atoms. The minimum atomic E-state index is -3.65. The van der Waals surface area contributed by atoms with Gasteiger partial charge in [-0.1, -0.05) is 23.7 Å². The molecule has 6 nitrogen and oxygen atoms in total. The summed E-state index contributed by atoms with van der Waals surface area (Å²) in [6.07, 6.45) is 1.96. The normalized spacial score (nSPS) is 16.8. The van der Waals surface area contributed by atoms with Crippen molar-refractivity contribution in [2.75, 3.05) is 25.5 Å². The Bertz CT molecular complexity index is 1040. The molecule has 1 atom stereocenters. The second-order valence-corrected chi connectivity index (χ2v) is 10.5. The molecule has 0 saturated carbocycles. The van der Waals surface area contributed by atoms with Gasteiger partial charge in [0.25, 0.3) is 5.91 Å². The van der Waals surface area contributed by atoms with Gasteiger partial charge in [0, 0.05) is 11.7 Å². The predicted octanol–water partition coefficient (Wildman–Crippen LogP) is 4.22. The number of hydrogen-bond donors (Lipinski definition) is 2. The van der Waals surface area contributed by atoms with Gasteiger partial charge in [0.1, 0.15) is 0 Å². The number of halogens is 1. The first-order chi connectivity index (χ1) is 14.6. The first-order valence-corrected chi connectivity index (χ1v) is 12.3. The minimum absolute atomic E-state index is 0.137. The van der Waals surface area contributed by atoms with E-state index in [4.69, 9.17) is 11.6 Å².